The molecule has 0 aliphatic heterocycles. The molecule has 2 N–H and O–H groups in total. The fourth-order valence-electron chi connectivity index (χ4n) is 1.81. The monoisotopic (exact) mass is 341 g/mol. The van der Waals surface area contributed by atoms with E-state index in [-0.39, 0.29) is 11.3 Å². The molecule has 0 heterocycles. The van der Waals surface area contributed by atoms with E-state index >= 15 is 0 Å². The Morgan fingerprint density at radius 3 is 2.43 bits per heavy atom. The summed E-state index contributed by atoms with van der Waals surface area (Å²) in [4.78, 5) is 23.0. The van der Waals surface area contributed by atoms with Crippen LogP contribution >= 0.6 is 0 Å². The second kappa shape index (κ2) is 8.44. The molecule has 0 spiro atoms. The summed E-state index contributed by atoms with van der Waals surface area (Å²) in [5.41, 5.74) is 1.82. The molecule has 0 radical (unpaired) electrons. The molecule has 0 saturated carbocycles. The molecular formula is C15H19NO6S. The average molecular weight is 341 g/mol. The van der Waals surface area contributed by atoms with Crippen molar-refractivity contribution in [3.05, 3.63) is 42.5 Å². The maximum Gasteiger partial charge on any atom is 0.317 e. The summed E-state index contributed by atoms with van der Waals surface area (Å²) in [7, 11) is -4.15. The number of rotatable bonds is 8. The molecule has 0 bridgehead atoms. The standard InChI is InChI=1S/C15H19NO6S/c1-3-4-10-13(15(18)19)11(2)14(17)16-22-23(20,21)12-8-6-5-7-9-12/h3-9,11,13H,10H2,1-2H3,(H,16,17)(H,18,19). The Kier molecular flexibility index (Phi) is 6.92. The Morgan fingerprint density at radius 2 is 1.91 bits per heavy atom. The van der Waals surface area contributed by atoms with Gasteiger partial charge in [-0.2, -0.15) is 8.42 Å². The summed E-state index contributed by atoms with van der Waals surface area (Å²) in [6.45, 7) is 3.13. The molecule has 23 heavy (non-hydrogen) atoms. The van der Waals surface area contributed by atoms with Crippen LogP contribution in [0, 0.1) is 11.8 Å². The van der Waals surface area contributed by atoms with E-state index in [1.165, 1.54) is 31.2 Å². The van der Waals surface area contributed by atoms with E-state index in [1.807, 2.05) is 5.48 Å². The van der Waals surface area contributed by atoms with Crippen molar-refractivity contribution in [3.8, 4) is 0 Å². The highest BCUT2D eigenvalue weighted by molar-refractivity contribution is 7.86. The van der Waals surface area contributed by atoms with Crippen molar-refractivity contribution < 1.29 is 27.4 Å². The Bertz CT molecular complexity index is 668. The van der Waals surface area contributed by atoms with Crippen molar-refractivity contribution in [3.63, 3.8) is 0 Å². The minimum atomic E-state index is -4.15. The van der Waals surface area contributed by atoms with Gasteiger partial charge in [-0.3, -0.25) is 9.59 Å². The number of hydrogen-bond acceptors (Lipinski definition) is 5. The van der Waals surface area contributed by atoms with Gasteiger partial charge in [0.25, 0.3) is 0 Å². The zero-order chi connectivity index (χ0) is 17.5. The van der Waals surface area contributed by atoms with Crippen molar-refractivity contribution in [2.24, 2.45) is 11.8 Å². The highest BCUT2D eigenvalue weighted by atomic mass is 32.2. The zero-order valence-electron chi connectivity index (χ0n) is 12.8. The Balaban J connectivity index is 2.73. The zero-order valence-corrected chi connectivity index (χ0v) is 13.6. The molecule has 1 amide bonds. The third-order valence-electron chi connectivity index (χ3n) is 3.24. The van der Waals surface area contributed by atoms with Crippen molar-refractivity contribution in [2.75, 3.05) is 0 Å². The second-order valence-electron chi connectivity index (χ2n) is 4.85. The molecule has 0 aromatic heterocycles. The quantitative estimate of drug-likeness (QED) is 0.550. The number of carbonyl (C=O) groups is 2. The number of hydroxylamine groups is 1. The van der Waals surface area contributed by atoms with Crippen molar-refractivity contribution in [1.82, 2.24) is 5.48 Å². The molecule has 7 nitrogen and oxygen atoms in total. The SMILES string of the molecule is CC=CCC(C(=O)O)C(C)C(=O)NOS(=O)(=O)c1ccccc1. The first kappa shape index (κ1) is 18.9. The van der Waals surface area contributed by atoms with Gasteiger partial charge in [0.05, 0.1) is 16.7 Å². The maximum atomic E-state index is 11.9. The Labute approximate surface area is 135 Å². The summed E-state index contributed by atoms with van der Waals surface area (Å²) in [6.07, 6.45) is 3.47. The lowest BCUT2D eigenvalue weighted by Gasteiger charge is -2.17. The van der Waals surface area contributed by atoms with Crippen molar-refractivity contribution in [1.29, 1.82) is 0 Å². The van der Waals surface area contributed by atoms with Crippen LogP contribution in [-0.2, 0) is 24.0 Å². The van der Waals surface area contributed by atoms with Gasteiger partial charge in [0.2, 0.25) is 5.91 Å². The third-order valence-corrected chi connectivity index (χ3v) is 4.40. The predicted molar refractivity (Wildman–Crippen MR) is 82.6 cm³/mol. The lowest BCUT2D eigenvalue weighted by atomic mass is 9.90. The minimum absolute atomic E-state index is 0.114. The van der Waals surface area contributed by atoms with E-state index in [9.17, 15) is 18.0 Å². The van der Waals surface area contributed by atoms with Gasteiger partial charge in [0.1, 0.15) is 0 Å². The highest BCUT2D eigenvalue weighted by Gasteiger charge is 2.30. The molecule has 0 aliphatic rings. The van der Waals surface area contributed by atoms with Crippen LogP contribution < -0.4 is 5.48 Å². The van der Waals surface area contributed by atoms with Gasteiger partial charge in [-0.1, -0.05) is 37.3 Å². The van der Waals surface area contributed by atoms with Crippen LogP contribution in [0.2, 0.25) is 0 Å². The van der Waals surface area contributed by atoms with Gasteiger partial charge in [-0.15, -0.1) is 4.28 Å². The number of aliphatic carboxylic acids is 1. The molecule has 0 fully saturated rings. The predicted octanol–water partition coefficient (Wildman–Crippen LogP) is 1.73. The molecular weight excluding hydrogens is 322 g/mol. The molecule has 126 valence electrons. The first-order chi connectivity index (χ1) is 10.8. The van der Waals surface area contributed by atoms with Crippen LogP contribution in [0.5, 0.6) is 0 Å². The van der Waals surface area contributed by atoms with E-state index in [2.05, 4.69) is 4.28 Å². The smallest absolute Gasteiger partial charge is 0.317 e. The molecule has 0 saturated heterocycles. The number of benzene rings is 1. The fraction of sp³-hybridized carbons (Fsp3) is 0.333. The van der Waals surface area contributed by atoms with Gasteiger partial charge in [-0.05, 0) is 25.5 Å². The van der Waals surface area contributed by atoms with E-state index in [4.69, 9.17) is 5.11 Å². The van der Waals surface area contributed by atoms with E-state index in [0.29, 0.717) is 0 Å². The van der Waals surface area contributed by atoms with Crippen LogP contribution in [0.1, 0.15) is 20.3 Å². The number of amides is 1. The number of carboxylic acid groups (broad SMARTS) is 1. The van der Waals surface area contributed by atoms with Gasteiger partial charge >= 0.3 is 16.1 Å². The first-order valence-corrected chi connectivity index (χ1v) is 8.32. The summed E-state index contributed by atoms with van der Waals surface area (Å²) >= 11 is 0. The lowest BCUT2D eigenvalue weighted by molar-refractivity contribution is -0.148. The number of nitrogens with one attached hydrogen (secondary N) is 1. The van der Waals surface area contributed by atoms with Crippen LogP contribution in [0.3, 0.4) is 0 Å². The van der Waals surface area contributed by atoms with Crippen LogP contribution in [0.4, 0.5) is 0 Å². The van der Waals surface area contributed by atoms with Crippen molar-refractivity contribution >= 4 is 22.0 Å². The molecule has 1 aromatic carbocycles. The number of carboxylic acids is 1. The molecule has 2 unspecified atom stereocenters. The first-order valence-electron chi connectivity index (χ1n) is 6.92. The summed E-state index contributed by atoms with van der Waals surface area (Å²) in [5, 5.41) is 9.15. The molecule has 1 rings (SSSR count). The van der Waals surface area contributed by atoms with Gasteiger partial charge in [0.15, 0.2) is 0 Å². The number of carbonyl (C=O) groups excluding carboxylic acids is 1. The summed E-state index contributed by atoms with van der Waals surface area (Å²) in [6, 6.07) is 7.29. The van der Waals surface area contributed by atoms with E-state index in [1.54, 1.807) is 25.1 Å². The maximum absolute atomic E-state index is 11.9. The minimum Gasteiger partial charge on any atom is -0.481 e. The fourth-order valence-corrected chi connectivity index (χ4v) is 2.59. The second-order valence-corrected chi connectivity index (χ2v) is 6.40. The number of hydrogen-bond donors (Lipinski definition) is 2. The van der Waals surface area contributed by atoms with Crippen molar-refractivity contribution in [2.45, 2.75) is 25.2 Å². The van der Waals surface area contributed by atoms with E-state index < -0.39 is 33.8 Å². The Morgan fingerprint density at radius 1 is 1.30 bits per heavy atom. The highest BCUT2D eigenvalue weighted by Crippen LogP contribution is 2.18. The number of allylic oxidation sites excluding steroid dienone is 2. The third kappa shape index (κ3) is 5.50. The van der Waals surface area contributed by atoms with Crippen LogP contribution in [0.25, 0.3) is 0 Å². The topological polar surface area (TPSA) is 110 Å². The Hall–Kier alpha value is -2.19. The molecule has 1 aromatic rings. The molecule has 2 atom stereocenters. The van der Waals surface area contributed by atoms with Gasteiger partial charge in [0, 0.05) is 0 Å². The normalized spacial score (nSPS) is 14.3. The largest absolute Gasteiger partial charge is 0.481 e. The van der Waals surface area contributed by atoms with Crippen LogP contribution in [-0.4, -0.2) is 25.4 Å². The van der Waals surface area contributed by atoms with Gasteiger partial charge < -0.3 is 5.11 Å². The summed E-state index contributed by atoms with van der Waals surface area (Å²) < 4.78 is 28.2. The van der Waals surface area contributed by atoms with Gasteiger partial charge in [-0.25, -0.2) is 5.48 Å². The summed E-state index contributed by atoms with van der Waals surface area (Å²) in [5.74, 6) is -3.90. The lowest BCUT2D eigenvalue weighted by Crippen LogP contribution is -2.37. The molecule has 8 heteroatoms. The molecule has 0 aliphatic carbocycles. The van der Waals surface area contributed by atoms with Crippen LogP contribution in [0.15, 0.2) is 47.4 Å². The van der Waals surface area contributed by atoms with E-state index in [0.717, 1.165) is 0 Å². The average Bonchev–Trinajstić information content (AvgIpc) is 2.53.